The molecule has 31 heavy (non-hydrogen) atoms. The van der Waals surface area contributed by atoms with Crippen LogP contribution < -0.4 is 0 Å². The maximum atomic E-state index is 13.3. The lowest BCUT2D eigenvalue weighted by Crippen LogP contribution is -2.17. The Morgan fingerprint density at radius 3 is 1.90 bits per heavy atom. The predicted molar refractivity (Wildman–Crippen MR) is 117 cm³/mol. The summed E-state index contributed by atoms with van der Waals surface area (Å²) in [7, 11) is -5.53. The maximum Gasteiger partial charge on any atom is 0.269 e. The van der Waals surface area contributed by atoms with Crippen LogP contribution in [0.5, 0.6) is 0 Å². The second-order valence-corrected chi connectivity index (χ2v) is 10.8. The van der Waals surface area contributed by atoms with E-state index < -0.39 is 37.2 Å². The van der Waals surface area contributed by atoms with Gasteiger partial charge in [-0.25, -0.2) is 8.42 Å². The van der Waals surface area contributed by atoms with Gasteiger partial charge in [0.05, 0.1) is 26.7 Å². The highest BCUT2D eigenvalue weighted by molar-refractivity contribution is 7.92. The van der Waals surface area contributed by atoms with E-state index in [1.54, 1.807) is 24.3 Å². The molecule has 1 aliphatic heterocycles. The molecule has 0 saturated carbocycles. The molecule has 1 saturated heterocycles. The van der Waals surface area contributed by atoms with Crippen LogP contribution in [0.1, 0.15) is 22.7 Å². The minimum Gasteiger partial charge on any atom is -0.258 e. The van der Waals surface area contributed by atoms with Gasteiger partial charge < -0.3 is 0 Å². The fourth-order valence-corrected chi connectivity index (χ4v) is 7.14. The molecule has 1 aliphatic rings. The van der Waals surface area contributed by atoms with Gasteiger partial charge in [0.25, 0.3) is 5.69 Å². The summed E-state index contributed by atoms with van der Waals surface area (Å²) in [6.07, 6.45) is 0. The summed E-state index contributed by atoms with van der Waals surface area (Å²) >= 11 is 0. The van der Waals surface area contributed by atoms with Crippen LogP contribution >= 0.6 is 0 Å². The average Bonchev–Trinajstić information content (AvgIpc) is 3.51. The third-order valence-corrected chi connectivity index (χ3v) is 8.89. The van der Waals surface area contributed by atoms with Crippen LogP contribution in [0.25, 0.3) is 0 Å². The molecule has 1 heterocycles. The van der Waals surface area contributed by atoms with Gasteiger partial charge in [-0.05, 0) is 43.7 Å². The van der Waals surface area contributed by atoms with E-state index in [4.69, 9.17) is 0 Å². The summed E-state index contributed by atoms with van der Waals surface area (Å²) in [5.74, 6) is 0. The largest absolute Gasteiger partial charge is 0.269 e. The normalized spacial score (nSPS) is 21.4. The second kappa shape index (κ2) is 7.99. The Hall–Kier alpha value is -2.88. The zero-order chi connectivity index (χ0) is 22.3. The van der Waals surface area contributed by atoms with Crippen LogP contribution in [0, 0.1) is 24.0 Å². The first-order chi connectivity index (χ1) is 14.7. The Kier molecular flexibility index (Phi) is 5.50. The fraction of sp³-hybridized carbons (Fsp3) is 0.182. The van der Waals surface area contributed by atoms with Crippen molar-refractivity contribution in [2.24, 2.45) is 0 Å². The summed E-state index contributed by atoms with van der Waals surface area (Å²) in [6, 6.07) is 18.6. The van der Waals surface area contributed by atoms with E-state index in [2.05, 4.69) is 0 Å². The lowest BCUT2D eigenvalue weighted by molar-refractivity contribution is -0.384. The molecule has 4 atom stereocenters. The Morgan fingerprint density at radius 1 is 0.871 bits per heavy atom. The van der Waals surface area contributed by atoms with Crippen LogP contribution in [-0.4, -0.2) is 27.2 Å². The van der Waals surface area contributed by atoms with Gasteiger partial charge in [-0.2, -0.15) is 4.31 Å². The van der Waals surface area contributed by atoms with Crippen LogP contribution in [0.4, 0.5) is 5.69 Å². The number of non-ortho nitro benzene ring substituents is 1. The molecule has 0 N–H and O–H groups in total. The zero-order valence-electron chi connectivity index (χ0n) is 16.8. The third-order valence-electron chi connectivity index (χ3n) is 5.22. The molecule has 0 amide bonds. The SMILES string of the molecule is Cc1ccc(S(=O)[C@H]2[C@@H](c3ccc([N+](=O)[O-])cc3)N2S(=O)(=O)c2ccc(C)cc2)cc1. The minimum absolute atomic E-state index is 0.0893. The number of nitrogens with zero attached hydrogens (tertiary/aromatic N) is 2. The average molecular weight is 457 g/mol. The molecule has 4 rings (SSSR count). The quantitative estimate of drug-likeness (QED) is 0.316. The van der Waals surface area contributed by atoms with Gasteiger partial charge >= 0.3 is 0 Å². The van der Waals surface area contributed by atoms with Gasteiger partial charge in [-0.1, -0.05) is 47.5 Å². The Balaban J connectivity index is 1.74. The van der Waals surface area contributed by atoms with Gasteiger partial charge in [-0.3, -0.25) is 14.3 Å². The van der Waals surface area contributed by atoms with Crippen molar-refractivity contribution in [1.29, 1.82) is 0 Å². The van der Waals surface area contributed by atoms with E-state index in [1.165, 1.54) is 40.7 Å². The number of rotatable bonds is 6. The Morgan fingerprint density at radius 2 is 1.39 bits per heavy atom. The summed E-state index contributed by atoms with van der Waals surface area (Å²) in [5, 5.41) is 10.2. The molecule has 7 nitrogen and oxygen atoms in total. The number of hydrogen-bond acceptors (Lipinski definition) is 5. The molecule has 1 fully saturated rings. The van der Waals surface area contributed by atoms with Gasteiger partial charge in [-0.15, -0.1) is 0 Å². The molecule has 3 aromatic rings. The summed E-state index contributed by atoms with van der Waals surface area (Å²) in [4.78, 5) is 11.1. The first-order valence-electron chi connectivity index (χ1n) is 9.52. The van der Waals surface area contributed by atoms with Crippen molar-refractivity contribution in [2.75, 3.05) is 0 Å². The number of sulfonamides is 1. The lowest BCUT2D eigenvalue weighted by Gasteiger charge is -2.07. The highest BCUT2D eigenvalue weighted by Crippen LogP contribution is 2.50. The predicted octanol–water partition coefficient (Wildman–Crippen LogP) is 4.09. The highest BCUT2D eigenvalue weighted by atomic mass is 32.2. The van der Waals surface area contributed by atoms with Crippen molar-refractivity contribution < 1.29 is 17.6 Å². The van der Waals surface area contributed by atoms with Gasteiger partial charge in [0, 0.05) is 17.0 Å². The Bertz CT molecular complexity index is 1250. The molecule has 0 aromatic heterocycles. The number of benzene rings is 3. The summed E-state index contributed by atoms with van der Waals surface area (Å²) < 4.78 is 41.2. The topological polar surface area (TPSA) is 97.4 Å². The monoisotopic (exact) mass is 456 g/mol. The molecule has 0 bridgehead atoms. The van der Waals surface area contributed by atoms with Crippen molar-refractivity contribution in [2.45, 2.75) is 35.1 Å². The number of nitro groups is 1. The number of aryl methyl sites for hydroxylation is 2. The van der Waals surface area contributed by atoms with Gasteiger partial charge in [0.15, 0.2) is 0 Å². The molecule has 9 heteroatoms. The van der Waals surface area contributed by atoms with Crippen molar-refractivity contribution in [3.8, 4) is 0 Å². The molecule has 160 valence electrons. The van der Waals surface area contributed by atoms with Gasteiger partial charge in [0.2, 0.25) is 10.0 Å². The smallest absolute Gasteiger partial charge is 0.258 e. The highest BCUT2D eigenvalue weighted by Gasteiger charge is 2.60. The van der Waals surface area contributed by atoms with E-state index in [0.717, 1.165) is 11.1 Å². The first-order valence-corrected chi connectivity index (χ1v) is 12.2. The summed E-state index contributed by atoms with van der Waals surface area (Å²) in [5.41, 5.74) is 2.41. The number of nitro benzene ring substituents is 1. The van der Waals surface area contributed by atoms with E-state index in [9.17, 15) is 22.7 Å². The molecular weight excluding hydrogens is 436 g/mol. The van der Waals surface area contributed by atoms with Crippen molar-refractivity contribution in [3.63, 3.8) is 0 Å². The molecular formula is C22H20N2O5S2. The standard InChI is InChI=1S/C22H20N2O5S2/c1-15-3-11-19(12-4-15)30(27)22-21(17-7-9-18(10-8-17)24(25)26)23(22)31(28,29)20-13-5-16(2)6-14-20/h3-14,21-22H,1-2H3/t21-,22+,23?,30?/m1/s1. The molecule has 0 aliphatic carbocycles. The molecule has 3 aromatic carbocycles. The van der Waals surface area contributed by atoms with Crippen molar-refractivity contribution in [1.82, 2.24) is 4.31 Å². The van der Waals surface area contributed by atoms with Crippen LogP contribution in [-0.2, 0) is 20.8 Å². The maximum absolute atomic E-state index is 13.3. The minimum atomic E-state index is -3.91. The zero-order valence-corrected chi connectivity index (χ0v) is 18.5. The molecule has 2 unspecified atom stereocenters. The van der Waals surface area contributed by atoms with E-state index in [0.29, 0.717) is 10.5 Å². The summed E-state index contributed by atoms with van der Waals surface area (Å²) in [6.45, 7) is 3.78. The van der Waals surface area contributed by atoms with Gasteiger partial charge in [0.1, 0.15) is 5.37 Å². The van der Waals surface area contributed by atoms with E-state index in [-0.39, 0.29) is 10.6 Å². The van der Waals surface area contributed by atoms with Crippen LogP contribution in [0.15, 0.2) is 82.6 Å². The van der Waals surface area contributed by atoms with Crippen LogP contribution in [0.2, 0.25) is 0 Å². The first kappa shape index (κ1) is 21.4. The van der Waals surface area contributed by atoms with E-state index in [1.807, 2.05) is 26.0 Å². The lowest BCUT2D eigenvalue weighted by atomic mass is 10.1. The van der Waals surface area contributed by atoms with E-state index >= 15 is 0 Å². The van der Waals surface area contributed by atoms with Crippen molar-refractivity contribution in [3.05, 3.63) is 99.6 Å². The number of hydrogen-bond donors (Lipinski definition) is 0. The third kappa shape index (κ3) is 4.04. The fourth-order valence-electron chi connectivity index (χ4n) is 3.44. The Labute approximate surface area is 183 Å². The van der Waals surface area contributed by atoms with Crippen molar-refractivity contribution >= 4 is 26.5 Å². The second-order valence-electron chi connectivity index (χ2n) is 7.44. The molecule has 0 spiro atoms. The molecule has 0 radical (unpaired) electrons. The van der Waals surface area contributed by atoms with Crippen LogP contribution in [0.3, 0.4) is 0 Å².